The summed E-state index contributed by atoms with van der Waals surface area (Å²) in [5.74, 6) is 1.67. The van der Waals surface area contributed by atoms with Crippen molar-refractivity contribution in [1.29, 1.82) is 0 Å². The van der Waals surface area contributed by atoms with Crippen molar-refractivity contribution < 1.29 is 4.74 Å². The highest BCUT2D eigenvalue weighted by Crippen LogP contribution is 2.27. The van der Waals surface area contributed by atoms with Gasteiger partial charge in [-0.1, -0.05) is 0 Å². The van der Waals surface area contributed by atoms with Crippen LogP contribution in [0.25, 0.3) is 0 Å². The van der Waals surface area contributed by atoms with E-state index in [1.807, 2.05) is 7.05 Å². The summed E-state index contributed by atoms with van der Waals surface area (Å²) in [7, 11) is 3.64. The van der Waals surface area contributed by atoms with Crippen molar-refractivity contribution >= 4 is 0 Å². The van der Waals surface area contributed by atoms with Gasteiger partial charge in [0.2, 0.25) is 5.88 Å². The van der Waals surface area contributed by atoms with Crippen molar-refractivity contribution in [2.75, 3.05) is 14.2 Å². The van der Waals surface area contributed by atoms with Crippen LogP contribution >= 0.6 is 0 Å². The summed E-state index contributed by atoms with van der Waals surface area (Å²) in [5, 5.41) is 3.20. The second kappa shape index (κ2) is 4.78. The number of fused-ring (bicyclic) bond motifs is 1. The van der Waals surface area contributed by atoms with Gasteiger partial charge in [0.25, 0.3) is 0 Å². The minimum Gasteiger partial charge on any atom is -0.481 e. The first-order chi connectivity index (χ1) is 7.74. The number of methoxy groups -OCH3 is 1. The van der Waals surface area contributed by atoms with Crippen molar-refractivity contribution in [3.63, 3.8) is 0 Å². The van der Waals surface area contributed by atoms with E-state index in [4.69, 9.17) is 4.74 Å². The first kappa shape index (κ1) is 11.3. The smallest absolute Gasteiger partial charge is 0.219 e. The highest BCUT2D eigenvalue weighted by molar-refractivity contribution is 5.34. The van der Waals surface area contributed by atoms with Crippen LogP contribution in [0.2, 0.25) is 0 Å². The molecule has 1 unspecified atom stereocenters. The fourth-order valence-corrected chi connectivity index (χ4v) is 2.08. The average Bonchev–Trinajstić information content (AvgIpc) is 2.75. The third-order valence-electron chi connectivity index (χ3n) is 3.12. The highest BCUT2D eigenvalue weighted by Gasteiger charge is 2.20. The zero-order valence-electron chi connectivity index (χ0n) is 10.2. The van der Waals surface area contributed by atoms with E-state index < -0.39 is 0 Å². The summed E-state index contributed by atoms with van der Waals surface area (Å²) in [4.78, 5) is 9.10. The maximum Gasteiger partial charge on any atom is 0.219 e. The Balaban J connectivity index is 2.27. The van der Waals surface area contributed by atoms with Crippen LogP contribution in [-0.4, -0.2) is 30.2 Å². The molecular weight excluding hydrogens is 202 g/mol. The minimum absolute atomic E-state index is 0.393. The Hall–Kier alpha value is -1.16. The van der Waals surface area contributed by atoms with Crippen LogP contribution < -0.4 is 10.1 Å². The first-order valence-electron chi connectivity index (χ1n) is 5.84. The molecule has 0 aliphatic heterocycles. The van der Waals surface area contributed by atoms with E-state index in [0.717, 1.165) is 31.0 Å². The van der Waals surface area contributed by atoms with Crippen LogP contribution in [0.5, 0.6) is 5.88 Å². The van der Waals surface area contributed by atoms with Gasteiger partial charge in [-0.05, 0) is 33.2 Å². The molecule has 2 rings (SSSR count). The van der Waals surface area contributed by atoms with Crippen molar-refractivity contribution in [1.82, 2.24) is 15.3 Å². The largest absolute Gasteiger partial charge is 0.481 e. The second-order valence-electron chi connectivity index (χ2n) is 4.32. The SMILES string of the molecule is CNC(C)Cc1nc2c(c(OC)n1)CCC2. The molecule has 0 saturated heterocycles. The molecule has 16 heavy (non-hydrogen) atoms. The zero-order chi connectivity index (χ0) is 11.5. The van der Waals surface area contributed by atoms with E-state index >= 15 is 0 Å². The molecule has 0 bridgehead atoms. The summed E-state index contributed by atoms with van der Waals surface area (Å²) < 4.78 is 5.34. The lowest BCUT2D eigenvalue weighted by molar-refractivity contribution is 0.388. The molecule has 1 N–H and O–H groups in total. The molecule has 0 fully saturated rings. The van der Waals surface area contributed by atoms with E-state index in [0.29, 0.717) is 6.04 Å². The maximum absolute atomic E-state index is 5.34. The van der Waals surface area contributed by atoms with Crippen molar-refractivity contribution in [3.05, 3.63) is 17.1 Å². The van der Waals surface area contributed by atoms with E-state index in [1.54, 1.807) is 7.11 Å². The summed E-state index contributed by atoms with van der Waals surface area (Å²) in [6.45, 7) is 2.13. The molecule has 0 amide bonds. The molecule has 4 nitrogen and oxygen atoms in total. The molecule has 1 aromatic rings. The quantitative estimate of drug-likeness (QED) is 0.827. The number of nitrogens with zero attached hydrogens (tertiary/aromatic N) is 2. The van der Waals surface area contributed by atoms with Crippen LogP contribution in [-0.2, 0) is 19.3 Å². The predicted octanol–water partition coefficient (Wildman–Crippen LogP) is 1.12. The first-order valence-corrected chi connectivity index (χ1v) is 5.84. The van der Waals surface area contributed by atoms with Gasteiger partial charge < -0.3 is 10.1 Å². The number of hydrogen-bond acceptors (Lipinski definition) is 4. The number of aromatic nitrogens is 2. The van der Waals surface area contributed by atoms with Gasteiger partial charge in [0, 0.05) is 18.0 Å². The molecule has 0 saturated carbocycles. The van der Waals surface area contributed by atoms with Crippen LogP contribution in [0.3, 0.4) is 0 Å². The highest BCUT2D eigenvalue weighted by atomic mass is 16.5. The maximum atomic E-state index is 5.34. The average molecular weight is 221 g/mol. The van der Waals surface area contributed by atoms with Gasteiger partial charge in [-0.25, -0.2) is 4.98 Å². The molecule has 88 valence electrons. The van der Waals surface area contributed by atoms with E-state index in [9.17, 15) is 0 Å². The predicted molar refractivity (Wildman–Crippen MR) is 62.8 cm³/mol. The summed E-state index contributed by atoms with van der Waals surface area (Å²) in [5.41, 5.74) is 2.40. The van der Waals surface area contributed by atoms with Gasteiger partial charge in [0.15, 0.2) is 0 Å². The van der Waals surface area contributed by atoms with E-state index in [1.165, 1.54) is 17.7 Å². The number of hydrogen-bond donors (Lipinski definition) is 1. The molecule has 0 radical (unpaired) electrons. The van der Waals surface area contributed by atoms with Crippen LogP contribution in [0.4, 0.5) is 0 Å². The van der Waals surface area contributed by atoms with E-state index in [2.05, 4.69) is 22.2 Å². The number of aryl methyl sites for hydroxylation is 1. The topological polar surface area (TPSA) is 47.0 Å². The van der Waals surface area contributed by atoms with Crippen molar-refractivity contribution in [3.8, 4) is 5.88 Å². The van der Waals surface area contributed by atoms with Gasteiger partial charge >= 0.3 is 0 Å². The Bertz CT molecular complexity index is 379. The minimum atomic E-state index is 0.393. The molecular formula is C12H19N3O. The van der Waals surface area contributed by atoms with E-state index in [-0.39, 0.29) is 0 Å². The number of rotatable bonds is 4. The van der Waals surface area contributed by atoms with Gasteiger partial charge in [0.05, 0.1) is 12.8 Å². The molecule has 1 heterocycles. The van der Waals surface area contributed by atoms with Crippen LogP contribution in [0.15, 0.2) is 0 Å². The molecule has 0 spiro atoms. The van der Waals surface area contributed by atoms with Crippen LogP contribution in [0, 0.1) is 0 Å². The second-order valence-corrected chi connectivity index (χ2v) is 4.32. The zero-order valence-corrected chi connectivity index (χ0v) is 10.2. The third-order valence-corrected chi connectivity index (χ3v) is 3.12. The lowest BCUT2D eigenvalue weighted by Crippen LogP contribution is -2.25. The van der Waals surface area contributed by atoms with Crippen molar-refractivity contribution in [2.24, 2.45) is 0 Å². The molecule has 1 aromatic heterocycles. The number of likely N-dealkylation sites (N-methyl/N-ethyl adjacent to an activating group) is 1. The monoisotopic (exact) mass is 221 g/mol. The van der Waals surface area contributed by atoms with Gasteiger partial charge in [0.1, 0.15) is 5.82 Å². The molecule has 1 aliphatic carbocycles. The Labute approximate surface area is 96.4 Å². The molecule has 0 aromatic carbocycles. The number of nitrogens with one attached hydrogen (secondary N) is 1. The van der Waals surface area contributed by atoms with Gasteiger partial charge in [-0.2, -0.15) is 4.98 Å². The lowest BCUT2D eigenvalue weighted by Gasteiger charge is -2.12. The van der Waals surface area contributed by atoms with Gasteiger partial charge in [-0.15, -0.1) is 0 Å². The Morgan fingerprint density at radius 1 is 1.38 bits per heavy atom. The Kier molecular flexibility index (Phi) is 3.39. The van der Waals surface area contributed by atoms with Crippen LogP contribution in [0.1, 0.15) is 30.4 Å². The summed E-state index contributed by atoms with van der Waals surface area (Å²) in [6.07, 6.45) is 4.14. The van der Waals surface area contributed by atoms with Gasteiger partial charge in [-0.3, -0.25) is 0 Å². The fourth-order valence-electron chi connectivity index (χ4n) is 2.08. The lowest BCUT2D eigenvalue weighted by atomic mass is 10.2. The Morgan fingerprint density at radius 3 is 2.88 bits per heavy atom. The third kappa shape index (κ3) is 2.16. The molecule has 1 aliphatic rings. The normalized spacial score (nSPS) is 15.9. The molecule has 1 atom stereocenters. The summed E-state index contributed by atoms with van der Waals surface area (Å²) >= 11 is 0. The standard InChI is InChI=1S/C12H19N3O/c1-8(13-2)7-11-14-10-6-4-5-9(10)12(15-11)16-3/h8,13H,4-7H2,1-3H3. The van der Waals surface area contributed by atoms with Crippen molar-refractivity contribution in [2.45, 2.75) is 38.6 Å². The molecule has 4 heteroatoms. The summed E-state index contributed by atoms with van der Waals surface area (Å²) in [6, 6.07) is 0.393. The Morgan fingerprint density at radius 2 is 2.19 bits per heavy atom. The number of ether oxygens (including phenoxy) is 1. The fraction of sp³-hybridized carbons (Fsp3) is 0.667.